The zero-order chi connectivity index (χ0) is 5.70. The second-order valence-electron chi connectivity index (χ2n) is 1.31. The quantitative estimate of drug-likeness (QED) is 0.396. The Balaban J connectivity index is -0.000000180. The molecule has 1 unspecified atom stereocenters. The number of hydrogen-bond acceptors (Lipinski definition) is 2. The normalized spacial score (nSPS) is 10.4. The number of rotatable bonds is 3. The monoisotopic (exact) mass is 274 g/mol. The number of aldehydes is 1. The molecule has 45 valence electrons. The summed E-state index contributed by atoms with van der Waals surface area (Å²) in [5, 5.41) is 10.2. The Hall–Kier alpha value is 2.54. The molecule has 0 aromatic heterocycles. The van der Waals surface area contributed by atoms with Gasteiger partial charge in [0.1, 0.15) is 6.29 Å². The largest absolute Gasteiger partial charge is 1.00 e. The first-order valence-electron chi connectivity index (χ1n) is 2.20. The molecule has 4 heteroatoms. The summed E-state index contributed by atoms with van der Waals surface area (Å²) in [6, 6.07) is 0. The summed E-state index contributed by atoms with van der Waals surface area (Å²) in [5.74, 6) is 0. The van der Waals surface area contributed by atoms with Crippen molar-refractivity contribution in [3.8, 4) is 0 Å². The molecule has 0 amide bonds. The van der Waals surface area contributed by atoms with Crippen molar-refractivity contribution in [1.29, 1.82) is 0 Å². The third kappa shape index (κ3) is 13.5. The molecule has 1 radical (unpaired) electrons. The van der Waals surface area contributed by atoms with Crippen molar-refractivity contribution in [3.63, 3.8) is 0 Å². The molecular weight excluding hydrogens is 266 g/mol. The maximum Gasteiger partial charge on any atom is 1.00 e. The first-order chi connectivity index (χ1) is 3.31. The van der Waals surface area contributed by atoms with Crippen molar-refractivity contribution < 1.29 is 101 Å². The van der Waals surface area contributed by atoms with Gasteiger partial charge in [-0.25, -0.2) is 0 Å². The van der Waals surface area contributed by atoms with Crippen LogP contribution >= 0.6 is 0 Å². The Morgan fingerprint density at radius 3 is 2.22 bits per heavy atom. The zero-order valence-corrected chi connectivity index (χ0v) is 13.4. The number of carbonyl (C=O) groups excluding carboxylic acids is 1. The summed E-state index contributed by atoms with van der Waals surface area (Å²) >= 11 is 0. The van der Waals surface area contributed by atoms with Gasteiger partial charge in [0, 0.05) is 32.7 Å². The molecule has 0 aromatic rings. The van der Waals surface area contributed by atoms with Crippen LogP contribution in [-0.2, 0) is 37.5 Å². The van der Waals surface area contributed by atoms with Crippen LogP contribution in [0, 0.1) is 6.92 Å². The van der Waals surface area contributed by atoms with E-state index in [-0.39, 0.29) is 97.3 Å². The van der Waals surface area contributed by atoms with Gasteiger partial charge in [-0.1, -0.05) is 0 Å². The SMILES string of the molecule is [CH2-]CC([O-])CC=O.[Rb+].[Y]. The maximum atomic E-state index is 10.2. The zero-order valence-electron chi connectivity index (χ0n) is 5.67. The van der Waals surface area contributed by atoms with Crippen molar-refractivity contribution in [1.82, 2.24) is 0 Å². The maximum absolute atomic E-state index is 10.2. The molecular formula is C5H8O2RbY-. The van der Waals surface area contributed by atoms with Crippen LogP contribution in [0.15, 0.2) is 0 Å². The average Bonchev–Trinajstić information content (AvgIpc) is 1.68. The van der Waals surface area contributed by atoms with Gasteiger partial charge in [0.2, 0.25) is 0 Å². The van der Waals surface area contributed by atoms with E-state index in [2.05, 4.69) is 6.92 Å². The summed E-state index contributed by atoms with van der Waals surface area (Å²) in [5.41, 5.74) is 0. The first kappa shape index (κ1) is 17.6. The average molecular weight is 274 g/mol. The molecule has 0 bridgehead atoms. The van der Waals surface area contributed by atoms with Crippen LogP contribution in [0.25, 0.3) is 0 Å². The molecule has 9 heavy (non-hydrogen) atoms. The summed E-state index contributed by atoms with van der Waals surface area (Å²) in [7, 11) is 0. The van der Waals surface area contributed by atoms with Gasteiger partial charge in [-0.05, 0) is 6.42 Å². The van der Waals surface area contributed by atoms with E-state index in [0.29, 0.717) is 12.7 Å². The van der Waals surface area contributed by atoms with Crippen LogP contribution in [0.4, 0.5) is 0 Å². The summed E-state index contributed by atoms with van der Waals surface area (Å²) < 4.78 is 0. The van der Waals surface area contributed by atoms with E-state index in [1.165, 1.54) is 0 Å². The van der Waals surface area contributed by atoms with Gasteiger partial charge in [-0.2, -0.15) is 6.42 Å². The van der Waals surface area contributed by atoms with Crippen LogP contribution < -0.4 is 63.3 Å². The minimum absolute atomic E-state index is 0. The van der Waals surface area contributed by atoms with Gasteiger partial charge in [-0.15, -0.1) is 6.10 Å². The van der Waals surface area contributed by atoms with Crippen molar-refractivity contribution in [3.05, 3.63) is 6.92 Å². The molecule has 0 heterocycles. The van der Waals surface area contributed by atoms with Crippen molar-refractivity contribution >= 4 is 6.29 Å². The van der Waals surface area contributed by atoms with Crippen LogP contribution in [-0.4, -0.2) is 12.4 Å². The summed E-state index contributed by atoms with van der Waals surface area (Å²) in [6.45, 7) is 3.33. The third-order valence-electron chi connectivity index (χ3n) is 0.681. The Morgan fingerprint density at radius 1 is 1.67 bits per heavy atom. The molecule has 0 N–H and O–H groups in total. The van der Waals surface area contributed by atoms with Crippen LogP contribution in [0.2, 0.25) is 0 Å². The number of carbonyl (C=O) groups is 1. The first-order valence-corrected chi connectivity index (χ1v) is 2.20. The predicted molar refractivity (Wildman–Crippen MR) is 24.4 cm³/mol. The van der Waals surface area contributed by atoms with Crippen molar-refractivity contribution in [2.24, 2.45) is 0 Å². The van der Waals surface area contributed by atoms with Gasteiger partial charge in [0.15, 0.2) is 0 Å². The van der Waals surface area contributed by atoms with Gasteiger partial charge in [-0.3, -0.25) is 0 Å². The van der Waals surface area contributed by atoms with E-state index >= 15 is 0 Å². The topological polar surface area (TPSA) is 40.1 Å². The molecule has 0 aliphatic rings. The summed E-state index contributed by atoms with van der Waals surface area (Å²) in [4.78, 5) is 9.55. The van der Waals surface area contributed by atoms with E-state index in [9.17, 15) is 9.90 Å². The second kappa shape index (κ2) is 13.2. The summed E-state index contributed by atoms with van der Waals surface area (Å²) in [6.07, 6.45) is 0.253. The Bertz CT molecular complexity index is 60.9. The van der Waals surface area contributed by atoms with E-state index in [1.54, 1.807) is 0 Å². The fourth-order valence-electron chi connectivity index (χ4n) is 0.225. The molecule has 0 saturated heterocycles. The van der Waals surface area contributed by atoms with Crippen LogP contribution in [0.5, 0.6) is 0 Å². The molecule has 0 aliphatic heterocycles. The van der Waals surface area contributed by atoms with Crippen molar-refractivity contribution in [2.75, 3.05) is 0 Å². The smallest absolute Gasteiger partial charge is 0.853 e. The van der Waals surface area contributed by atoms with Crippen LogP contribution in [0.1, 0.15) is 12.8 Å². The molecule has 1 atom stereocenters. The van der Waals surface area contributed by atoms with Crippen LogP contribution in [0.3, 0.4) is 0 Å². The molecule has 2 nitrogen and oxygen atoms in total. The number of hydrogen-bond donors (Lipinski definition) is 0. The Morgan fingerprint density at radius 2 is 2.11 bits per heavy atom. The van der Waals surface area contributed by atoms with Gasteiger partial charge < -0.3 is 16.8 Å². The van der Waals surface area contributed by atoms with E-state index in [4.69, 9.17) is 0 Å². The third-order valence-corrected chi connectivity index (χ3v) is 0.681. The van der Waals surface area contributed by atoms with Gasteiger partial charge in [0.05, 0.1) is 0 Å². The minimum Gasteiger partial charge on any atom is -0.853 e. The molecule has 0 rings (SSSR count). The minimum atomic E-state index is -0.780. The Kier molecular flexibility index (Phi) is 25.7. The molecule has 0 spiro atoms. The predicted octanol–water partition coefficient (Wildman–Crippen LogP) is -3.47. The van der Waals surface area contributed by atoms with Gasteiger partial charge in [0.25, 0.3) is 0 Å². The fraction of sp³-hybridized carbons (Fsp3) is 0.600. The van der Waals surface area contributed by atoms with E-state index in [0.717, 1.165) is 0 Å². The second-order valence-corrected chi connectivity index (χ2v) is 1.31. The van der Waals surface area contributed by atoms with Crippen molar-refractivity contribution in [2.45, 2.75) is 18.9 Å². The van der Waals surface area contributed by atoms with E-state index in [1.807, 2.05) is 0 Å². The molecule has 0 fully saturated rings. The standard InChI is InChI=1S/C5H8O2.Rb.Y/c1-2-5(7)3-4-6;;/h4-5H,1-3H2;;/q-2;+1;. The Labute approximate surface area is 130 Å². The molecule has 0 aromatic carbocycles. The van der Waals surface area contributed by atoms with Gasteiger partial charge >= 0.3 is 58.2 Å². The molecule has 0 saturated carbocycles. The fourth-order valence-corrected chi connectivity index (χ4v) is 0.225. The molecule has 0 aliphatic carbocycles. The van der Waals surface area contributed by atoms with E-state index < -0.39 is 6.10 Å².